The minimum atomic E-state index is -3.42. The van der Waals surface area contributed by atoms with Crippen LogP contribution in [-0.2, 0) is 14.6 Å². The molecule has 0 aliphatic carbocycles. The van der Waals surface area contributed by atoms with Crippen molar-refractivity contribution in [3.8, 4) is 0 Å². The van der Waals surface area contributed by atoms with Crippen LogP contribution in [0.2, 0.25) is 0 Å². The fraction of sp³-hybridized carbons (Fsp3) is 0.562. The number of nitrogens with one attached hydrogen (secondary N) is 1. The molecule has 6 nitrogen and oxygen atoms in total. The summed E-state index contributed by atoms with van der Waals surface area (Å²) < 4.78 is 29.6. The number of hydrogen-bond donors (Lipinski definition) is 1. The van der Waals surface area contributed by atoms with Crippen LogP contribution in [-0.4, -0.2) is 63.9 Å². The Morgan fingerprint density at radius 1 is 1.30 bits per heavy atom. The zero-order valence-electron chi connectivity index (χ0n) is 13.6. The van der Waals surface area contributed by atoms with Crippen molar-refractivity contribution in [3.05, 3.63) is 29.8 Å². The van der Waals surface area contributed by atoms with Gasteiger partial charge in [0.05, 0.1) is 29.4 Å². The predicted octanol–water partition coefficient (Wildman–Crippen LogP) is 0.931. The molecule has 1 aromatic carbocycles. The van der Waals surface area contributed by atoms with Crippen molar-refractivity contribution in [3.63, 3.8) is 0 Å². The third kappa shape index (κ3) is 4.76. The van der Waals surface area contributed by atoms with Crippen LogP contribution in [0, 0.1) is 0 Å². The molecule has 0 aromatic heterocycles. The summed E-state index contributed by atoms with van der Waals surface area (Å²) in [6, 6.07) is 6.28. The second kappa shape index (κ2) is 7.90. The van der Waals surface area contributed by atoms with Gasteiger partial charge in [0, 0.05) is 25.7 Å². The van der Waals surface area contributed by atoms with Crippen LogP contribution in [0.4, 0.5) is 0 Å². The van der Waals surface area contributed by atoms with Crippen molar-refractivity contribution in [2.24, 2.45) is 0 Å². The molecule has 1 unspecified atom stereocenters. The highest BCUT2D eigenvalue weighted by molar-refractivity contribution is 7.91. The average molecular weight is 340 g/mol. The average Bonchev–Trinajstić information content (AvgIpc) is 2.55. The van der Waals surface area contributed by atoms with Crippen molar-refractivity contribution < 1.29 is 17.9 Å². The van der Waals surface area contributed by atoms with Gasteiger partial charge in [-0.25, -0.2) is 8.42 Å². The Balaban J connectivity index is 2.06. The number of carbonyl (C=O) groups excluding carboxylic acids is 1. The van der Waals surface area contributed by atoms with Crippen LogP contribution >= 0.6 is 0 Å². The molecule has 2 rings (SSSR count). The summed E-state index contributed by atoms with van der Waals surface area (Å²) in [5.41, 5.74) is 0.211. The van der Waals surface area contributed by atoms with Crippen molar-refractivity contribution in [1.29, 1.82) is 0 Å². The topological polar surface area (TPSA) is 75.7 Å². The van der Waals surface area contributed by atoms with E-state index >= 15 is 0 Å². The molecule has 1 saturated heterocycles. The van der Waals surface area contributed by atoms with Crippen LogP contribution in [0.15, 0.2) is 29.2 Å². The Hall–Kier alpha value is -1.44. The molecule has 1 amide bonds. The zero-order chi connectivity index (χ0) is 16.9. The van der Waals surface area contributed by atoms with Gasteiger partial charge < -0.3 is 10.1 Å². The Labute approximate surface area is 137 Å². The lowest BCUT2D eigenvalue weighted by Crippen LogP contribution is -2.46. The van der Waals surface area contributed by atoms with Crippen molar-refractivity contribution in [1.82, 2.24) is 10.2 Å². The summed E-state index contributed by atoms with van der Waals surface area (Å²) >= 11 is 0. The van der Waals surface area contributed by atoms with E-state index in [0.717, 1.165) is 19.6 Å². The normalized spacial score (nSPS) is 17.7. The van der Waals surface area contributed by atoms with Crippen LogP contribution in [0.25, 0.3) is 0 Å². The van der Waals surface area contributed by atoms with E-state index in [1.807, 2.05) is 6.92 Å². The first-order valence-corrected chi connectivity index (χ1v) is 9.52. The molecule has 1 aromatic rings. The number of ether oxygens (including phenoxy) is 1. The van der Waals surface area contributed by atoms with Crippen molar-refractivity contribution in [2.45, 2.75) is 24.8 Å². The minimum Gasteiger partial charge on any atom is -0.379 e. The van der Waals surface area contributed by atoms with Gasteiger partial charge in [0.2, 0.25) is 0 Å². The predicted molar refractivity (Wildman–Crippen MR) is 88.4 cm³/mol. The van der Waals surface area contributed by atoms with Gasteiger partial charge in [0.25, 0.3) is 5.91 Å². The molecule has 0 bridgehead atoms. The van der Waals surface area contributed by atoms with Gasteiger partial charge in [-0.05, 0) is 19.1 Å². The first kappa shape index (κ1) is 17.9. The molecule has 0 saturated carbocycles. The first-order chi connectivity index (χ1) is 10.9. The van der Waals surface area contributed by atoms with Gasteiger partial charge in [-0.3, -0.25) is 9.69 Å². The smallest absolute Gasteiger partial charge is 0.252 e. The Bertz CT molecular complexity index is 639. The molecule has 1 N–H and O–H groups in total. The Morgan fingerprint density at radius 2 is 1.96 bits per heavy atom. The quantitative estimate of drug-likeness (QED) is 0.834. The van der Waals surface area contributed by atoms with Crippen LogP contribution in [0.1, 0.15) is 24.2 Å². The monoisotopic (exact) mass is 340 g/mol. The van der Waals surface area contributed by atoms with Crippen molar-refractivity contribution >= 4 is 15.7 Å². The van der Waals surface area contributed by atoms with Gasteiger partial charge >= 0.3 is 0 Å². The molecule has 1 atom stereocenters. The lowest BCUT2D eigenvalue weighted by Gasteiger charge is -2.29. The summed E-state index contributed by atoms with van der Waals surface area (Å²) in [5, 5.41) is 2.89. The second-order valence-corrected chi connectivity index (χ2v) is 7.93. The van der Waals surface area contributed by atoms with Gasteiger partial charge in [-0.1, -0.05) is 19.1 Å². The summed E-state index contributed by atoms with van der Waals surface area (Å²) in [6.45, 7) is 7.33. The van der Waals surface area contributed by atoms with E-state index in [4.69, 9.17) is 4.74 Å². The van der Waals surface area contributed by atoms with Gasteiger partial charge in [-0.2, -0.15) is 0 Å². The number of hydrogen-bond acceptors (Lipinski definition) is 5. The molecule has 0 spiro atoms. The fourth-order valence-corrected chi connectivity index (χ4v) is 3.69. The van der Waals surface area contributed by atoms with Crippen molar-refractivity contribution in [2.75, 3.05) is 38.6 Å². The second-order valence-electron chi connectivity index (χ2n) is 5.69. The van der Waals surface area contributed by atoms with Crippen LogP contribution in [0.3, 0.4) is 0 Å². The maximum atomic E-state index is 12.5. The maximum absolute atomic E-state index is 12.5. The highest BCUT2D eigenvalue weighted by Crippen LogP contribution is 2.17. The van der Waals surface area contributed by atoms with Crippen LogP contribution in [0.5, 0.6) is 0 Å². The number of rotatable bonds is 6. The number of benzene rings is 1. The van der Waals surface area contributed by atoms with Gasteiger partial charge in [0.15, 0.2) is 9.84 Å². The third-order valence-corrected chi connectivity index (χ3v) is 5.65. The number of nitrogens with zero attached hydrogens (tertiary/aromatic N) is 1. The highest BCUT2D eigenvalue weighted by Gasteiger charge is 2.22. The number of carbonyl (C=O) groups is 1. The first-order valence-electron chi connectivity index (χ1n) is 7.87. The van der Waals surface area contributed by atoms with E-state index in [1.54, 1.807) is 25.1 Å². The molecule has 23 heavy (non-hydrogen) atoms. The summed E-state index contributed by atoms with van der Waals surface area (Å²) in [7, 11) is -3.42. The molecule has 0 radical (unpaired) electrons. The van der Waals surface area contributed by atoms with E-state index < -0.39 is 9.84 Å². The van der Waals surface area contributed by atoms with E-state index in [1.165, 1.54) is 6.07 Å². The minimum absolute atomic E-state index is 0.0272. The Kier molecular flexibility index (Phi) is 6.15. The summed E-state index contributed by atoms with van der Waals surface area (Å²) in [5.74, 6) is -0.376. The summed E-state index contributed by atoms with van der Waals surface area (Å²) in [4.78, 5) is 14.8. The molecular weight excluding hydrogens is 316 g/mol. The molecule has 1 aliphatic rings. The highest BCUT2D eigenvalue weighted by atomic mass is 32.2. The van der Waals surface area contributed by atoms with Gasteiger partial charge in [-0.15, -0.1) is 0 Å². The molecule has 1 fully saturated rings. The summed E-state index contributed by atoms with van der Waals surface area (Å²) in [6.07, 6.45) is 0. The third-order valence-electron chi connectivity index (χ3n) is 3.86. The fourth-order valence-electron chi connectivity index (χ4n) is 2.60. The maximum Gasteiger partial charge on any atom is 0.252 e. The number of amides is 1. The van der Waals surface area contributed by atoms with E-state index in [-0.39, 0.29) is 28.2 Å². The largest absolute Gasteiger partial charge is 0.379 e. The molecule has 1 heterocycles. The van der Waals surface area contributed by atoms with Crippen LogP contribution < -0.4 is 5.32 Å². The zero-order valence-corrected chi connectivity index (χ0v) is 14.4. The standard InChI is InChI=1S/C16H24N2O4S/c1-3-23(20,21)15-7-5-4-6-14(15)16(19)17-13(2)12-18-8-10-22-11-9-18/h4-7,13H,3,8-12H2,1-2H3,(H,17,19). The molecule has 128 valence electrons. The lowest BCUT2D eigenvalue weighted by atomic mass is 10.2. The van der Waals surface area contributed by atoms with Gasteiger partial charge in [0.1, 0.15) is 0 Å². The molecule has 1 aliphatic heterocycles. The lowest BCUT2D eigenvalue weighted by molar-refractivity contribution is 0.0342. The number of morpholine rings is 1. The SMILES string of the molecule is CCS(=O)(=O)c1ccccc1C(=O)NC(C)CN1CCOCC1. The van der Waals surface area contributed by atoms with E-state index in [9.17, 15) is 13.2 Å². The number of sulfone groups is 1. The molecular formula is C16H24N2O4S. The Morgan fingerprint density at radius 3 is 2.61 bits per heavy atom. The van der Waals surface area contributed by atoms with E-state index in [2.05, 4.69) is 10.2 Å². The van der Waals surface area contributed by atoms with E-state index in [0.29, 0.717) is 13.2 Å². The molecule has 7 heteroatoms.